The van der Waals surface area contributed by atoms with Gasteiger partial charge in [0.1, 0.15) is 5.75 Å². The minimum Gasteiger partial charge on any atom is -0.492 e. The molecule has 0 saturated heterocycles. The summed E-state index contributed by atoms with van der Waals surface area (Å²) in [6.45, 7) is 2.29. The number of thiophene rings is 1. The molecule has 126 valence electrons. The number of nitrogens with one attached hydrogen (secondary N) is 1. The second kappa shape index (κ2) is 8.31. The van der Waals surface area contributed by atoms with E-state index in [1.54, 1.807) is 49.7 Å². The summed E-state index contributed by atoms with van der Waals surface area (Å²) in [6, 6.07) is 8.85. The lowest BCUT2D eigenvalue weighted by Crippen LogP contribution is -2.21. The van der Waals surface area contributed by atoms with Crippen LogP contribution in [0.5, 0.6) is 5.75 Å². The van der Waals surface area contributed by atoms with Gasteiger partial charge >= 0.3 is 0 Å². The standard InChI is InChI=1S/C18H20N2O3S/c1-4-23-16-12-13(18(22)20(2)3)7-9-15(16)19-17(21)10-8-14-6-5-11-24-14/h5-12H,4H2,1-3H3,(H,19,21). The van der Waals surface area contributed by atoms with Crippen LogP contribution in [0.1, 0.15) is 22.2 Å². The number of ether oxygens (including phenoxy) is 1. The van der Waals surface area contributed by atoms with Gasteiger partial charge in [0.05, 0.1) is 12.3 Å². The molecule has 2 rings (SSSR count). The van der Waals surface area contributed by atoms with Gasteiger partial charge in [-0.3, -0.25) is 9.59 Å². The monoisotopic (exact) mass is 344 g/mol. The van der Waals surface area contributed by atoms with Crippen LogP contribution in [0.3, 0.4) is 0 Å². The number of rotatable bonds is 6. The molecule has 1 aromatic heterocycles. The van der Waals surface area contributed by atoms with Crippen molar-refractivity contribution >= 4 is 34.9 Å². The van der Waals surface area contributed by atoms with Crippen LogP contribution >= 0.6 is 11.3 Å². The van der Waals surface area contributed by atoms with Crippen molar-refractivity contribution in [2.75, 3.05) is 26.0 Å². The second-order valence-corrected chi connectivity index (χ2v) is 6.16. The smallest absolute Gasteiger partial charge is 0.253 e. The van der Waals surface area contributed by atoms with Crippen molar-refractivity contribution in [2.24, 2.45) is 0 Å². The molecular formula is C18H20N2O3S. The van der Waals surface area contributed by atoms with E-state index in [0.29, 0.717) is 23.6 Å². The van der Waals surface area contributed by atoms with Crippen molar-refractivity contribution in [1.29, 1.82) is 0 Å². The number of hydrogen-bond acceptors (Lipinski definition) is 4. The van der Waals surface area contributed by atoms with Crippen LogP contribution in [0, 0.1) is 0 Å². The molecule has 0 aliphatic carbocycles. The maximum atomic E-state index is 12.1. The lowest BCUT2D eigenvalue weighted by molar-refractivity contribution is -0.111. The predicted molar refractivity (Wildman–Crippen MR) is 97.6 cm³/mol. The van der Waals surface area contributed by atoms with Crippen LogP contribution in [-0.2, 0) is 4.79 Å². The van der Waals surface area contributed by atoms with E-state index in [2.05, 4.69) is 5.32 Å². The number of benzene rings is 1. The first kappa shape index (κ1) is 17.7. The van der Waals surface area contributed by atoms with E-state index in [4.69, 9.17) is 4.74 Å². The van der Waals surface area contributed by atoms with Crippen LogP contribution in [0.15, 0.2) is 41.8 Å². The number of nitrogens with zero attached hydrogens (tertiary/aromatic N) is 1. The molecule has 0 spiro atoms. The third kappa shape index (κ3) is 4.70. The van der Waals surface area contributed by atoms with Crippen LogP contribution in [0.2, 0.25) is 0 Å². The van der Waals surface area contributed by atoms with Crippen LogP contribution in [0.25, 0.3) is 6.08 Å². The van der Waals surface area contributed by atoms with Crippen molar-refractivity contribution in [3.05, 3.63) is 52.2 Å². The fraction of sp³-hybridized carbons (Fsp3) is 0.222. The summed E-state index contributed by atoms with van der Waals surface area (Å²) in [5.74, 6) is 0.102. The zero-order chi connectivity index (χ0) is 17.5. The maximum absolute atomic E-state index is 12.1. The van der Waals surface area contributed by atoms with Crippen molar-refractivity contribution in [1.82, 2.24) is 4.90 Å². The number of hydrogen-bond donors (Lipinski definition) is 1. The number of amides is 2. The zero-order valence-electron chi connectivity index (χ0n) is 13.9. The molecule has 0 aliphatic heterocycles. The molecule has 0 saturated carbocycles. The SMILES string of the molecule is CCOc1cc(C(=O)N(C)C)ccc1NC(=O)C=Cc1cccs1. The average molecular weight is 344 g/mol. The summed E-state index contributed by atoms with van der Waals surface area (Å²) in [7, 11) is 3.38. The van der Waals surface area contributed by atoms with Gasteiger partial charge in [0.15, 0.2) is 0 Å². The van der Waals surface area contributed by atoms with Crippen molar-refractivity contribution in [2.45, 2.75) is 6.92 Å². The lowest BCUT2D eigenvalue weighted by atomic mass is 10.1. The van der Waals surface area contributed by atoms with Gasteiger partial charge < -0.3 is 15.0 Å². The summed E-state index contributed by atoms with van der Waals surface area (Å²) in [5.41, 5.74) is 1.04. The van der Waals surface area contributed by atoms with E-state index in [-0.39, 0.29) is 11.8 Å². The van der Waals surface area contributed by atoms with Gasteiger partial charge in [-0.1, -0.05) is 6.07 Å². The highest BCUT2D eigenvalue weighted by Gasteiger charge is 2.13. The fourth-order valence-corrected chi connectivity index (χ4v) is 2.63. The molecule has 6 heteroatoms. The molecule has 0 radical (unpaired) electrons. The third-order valence-corrected chi connectivity index (χ3v) is 3.97. The highest BCUT2D eigenvalue weighted by atomic mass is 32.1. The number of carbonyl (C=O) groups excluding carboxylic acids is 2. The molecule has 1 heterocycles. The molecule has 1 aromatic carbocycles. The maximum Gasteiger partial charge on any atom is 0.253 e. The van der Waals surface area contributed by atoms with E-state index in [9.17, 15) is 9.59 Å². The van der Waals surface area contributed by atoms with Gasteiger partial charge in [-0.15, -0.1) is 11.3 Å². The summed E-state index contributed by atoms with van der Waals surface area (Å²) >= 11 is 1.56. The van der Waals surface area contributed by atoms with Gasteiger partial charge in [0.25, 0.3) is 5.91 Å². The highest BCUT2D eigenvalue weighted by molar-refractivity contribution is 7.10. The van der Waals surface area contributed by atoms with Crippen LogP contribution in [-0.4, -0.2) is 37.4 Å². The quantitative estimate of drug-likeness (QED) is 0.816. The van der Waals surface area contributed by atoms with Crippen molar-refractivity contribution < 1.29 is 14.3 Å². The summed E-state index contributed by atoms with van der Waals surface area (Å²) in [6.07, 6.45) is 3.23. The Labute approximate surface area is 145 Å². The van der Waals surface area contributed by atoms with Gasteiger partial charge in [0, 0.05) is 30.6 Å². The molecule has 0 fully saturated rings. The highest BCUT2D eigenvalue weighted by Crippen LogP contribution is 2.26. The van der Waals surface area contributed by atoms with Gasteiger partial charge in [-0.2, -0.15) is 0 Å². The number of anilines is 1. The zero-order valence-corrected chi connectivity index (χ0v) is 14.7. The molecule has 5 nitrogen and oxygen atoms in total. The Morgan fingerprint density at radius 3 is 2.71 bits per heavy atom. The van der Waals surface area contributed by atoms with Gasteiger partial charge in [-0.05, 0) is 42.6 Å². The normalized spacial score (nSPS) is 10.6. The molecule has 0 aliphatic rings. The van der Waals surface area contributed by atoms with E-state index >= 15 is 0 Å². The Morgan fingerprint density at radius 1 is 1.29 bits per heavy atom. The molecule has 0 bridgehead atoms. The van der Waals surface area contributed by atoms with Crippen molar-refractivity contribution in [3.8, 4) is 5.75 Å². The Balaban J connectivity index is 2.16. The average Bonchev–Trinajstić information content (AvgIpc) is 3.07. The summed E-state index contributed by atoms with van der Waals surface area (Å²) in [4.78, 5) is 26.6. The first-order valence-electron chi connectivity index (χ1n) is 7.52. The Bertz CT molecular complexity index is 737. The van der Waals surface area contributed by atoms with Gasteiger partial charge in [0.2, 0.25) is 5.91 Å². The molecule has 0 atom stereocenters. The molecule has 1 N–H and O–H groups in total. The predicted octanol–water partition coefficient (Wildman–Crippen LogP) is 3.50. The molecule has 2 amide bonds. The largest absolute Gasteiger partial charge is 0.492 e. The van der Waals surface area contributed by atoms with Crippen LogP contribution < -0.4 is 10.1 Å². The van der Waals surface area contributed by atoms with Crippen LogP contribution in [0.4, 0.5) is 5.69 Å². The first-order chi connectivity index (χ1) is 11.5. The minimum absolute atomic E-state index is 0.119. The Morgan fingerprint density at radius 2 is 2.08 bits per heavy atom. The van der Waals surface area contributed by atoms with E-state index in [0.717, 1.165) is 4.88 Å². The second-order valence-electron chi connectivity index (χ2n) is 5.18. The molecule has 0 unspecified atom stereocenters. The summed E-state index contributed by atoms with van der Waals surface area (Å²) in [5, 5.41) is 4.73. The Hall–Kier alpha value is -2.60. The minimum atomic E-state index is -0.254. The van der Waals surface area contributed by atoms with E-state index in [1.807, 2.05) is 24.4 Å². The first-order valence-corrected chi connectivity index (χ1v) is 8.40. The fourth-order valence-electron chi connectivity index (χ4n) is 2.01. The molecule has 2 aromatic rings. The topological polar surface area (TPSA) is 58.6 Å². The summed E-state index contributed by atoms with van der Waals surface area (Å²) < 4.78 is 5.55. The molecule has 24 heavy (non-hydrogen) atoms. The van der Waals surface area contributed by atoms with Crippen molar-refractivity contribution in [3.63, 3.8) is 0 Å². The van der Waals surface area contributed by atoms with E-state index < -0.39 is 0 Å². The van der Waals surface area contributed by atoms with Gasteiger partial charge in [-0.25, -0.2) is 0 Å². The van der Waals surface area contributed by atoms with E-state index in [1.165, 1.54) is 11.0 Å². The lowest BCUT2D eigenvalue weighted by Gasteiger charge is -2.14. The number of carbonyl (C=O) groups is 2. The molecular weight excluding hydrogens is 324 g/mol. The Kier molecular flexibility index (Phi) is 6.14. The third-order valence-electron chi connectivity index (χ3n) is 3.13.